The number of aromatic nitrogens is 12. The molecular formula is C92H76N20O4. The van der Waals surface area contributed by atoms with Crippen molar-refractivity contribution in [2.24, 2.45) is 0 Å². The van der Waals surface area contributed by atoms with Gasteiger partial charge in [-0.1, -0.05) is 194 Å². The van der Waals surface area contributed by atoms with E-state index in [1.54, 1.807) is 31.0 Å². The van der Waals surface area contributed by atoms with E-state index in [9.17, 15) is 19.2 Å². The highest BCUT2D eigenvalue weighted by molar-refractivity contribution is 5.92. The van der Waals surface area contributed by atoms with Crippen LogP contribution >= 0.6 is 0 Å². The summed E-state index contributed by atoms with van der Waals surface area (Å²) >= 11 is 0. The van der Waals surface area contributed by atoms with Crippen molar-refractivity contribution in [2.75, 3.05) is 0 Å². The minimum Gasteiger partial charge on any atom is -0.357 e. The fraction of sp³-hybridized carbons (Fsp3) is 0.0870. The van der Waals surface area contributed by atoms with Crippen molar-refractivity contribution in [1.29, 1.82) is 0 Å². The molecule has 0 aliphatic carbocycles. The third-order valence-electron chi connectivity index (χ3n) is 20.4. The highest BCUT2D eigenvalue weighted by atomic mass is 16.2. The molecular weight excluding hydrogens is 1450 g/mol. The number of fused-ring (bicyclic) bond motifs is 4. The Labute approximate surface area is 666 Å². The second kappa shape index (κ2) is 30.9. The molecule has 4 fully saturated rings. The number of nitrogens with one attached hydrogen (secondary N) is 8. The Bertz CT molecular complexity index is 5750. The van der Waals surface area contributed by atoms with Gasteiger partial charge in [-0.2, -0.15) is 0 Å². The summed E-state index contributed by atoms with van der Waals surface area (Å²) in [6.07, 6.45) is 10.7. The summed E-state index contributed by atoms with van der Waals surface area (Å²) in [5.74, 6) is 4.99. The zero-order valence-electron chi connectivity index (χ0n) is 63.5. The second-order valence-electron chi connectivity index (χ2n) is 28.5. The molecule has 4 atom stereocenters. The predicted molar refractivity (Wildman–Crippen MR) is 449 cm³/mol. The van der Waals surface area contributed by atoms with E-state index in [0.29, 0.717) is 28.9 Å². The van der Waals surface area contributed by atoms with Crippen LogP contribution in [0.4, 0.5) is 0 Å². The highest BCUT2D eigenvalue weighted by Gasteiger charge is 2.32. The van der Waals surface area contributed by atoms with E-state index < -0.39 is 24.2 Å². The maximum absolute atomic E-state index is 12.1. The van der Waals surface area contributed by atoms with Gasteiger partial charge >= 0.3 is 0 Å². The summed E-state index contributed by atoms with van der Waals surface area (Å²) in [6.45, 7) is 23.3. The number of hydrogen-bond acceptors (Lipinski definition) is 16. The van der Waals surface area contributed by atoms with Crippen LogP contribution in [0.3, 0.4) is 0 Å². The fourth-order valence-electron chi connectivity index (χ4n) is 14.5. The van der Waals surface area contributed by atoms with Gasteiger partial charge in [0.1, 0.15) is 58.5 Å². The van der Waals surface area contributed by atoms with Crippen LogP contribution in [0, 0.1) is 27.7 Å². The highest BCUT2D eigenvalue weighted by Crippen LogP contribution is 2.36. The summed E-state index contributed by atoms with van der Waals surface area (Å²) in [5, 5.41) is 23.0. The van der Waals surface area contributed by atoms with Crippen LogP contribution in [0.25, 0.3) is 113 Å². The number of carbonyl (C=O) groups excluding carboxylic acids is 4. The first-order chi connectivity index (χ1) is 56.4. The molecule has 4 amide bonds. The van der Waals surface area contributed by atoms with Gasteiger partial charge in [-0.15, -0.1) is 0 Å². The molecule has 4 aliphatic heterocycles. The molecule has 4 saturated heterocycles. The number of aryl methyl sites for hydroxylation is 4. The van der Waals surface area contributed by atoms with Gasteiger partial charge in [-0.25, -0.2) is 29.9 Å². The molecule has 0 spiro atoms. The normalized spacial score (nSPS) is 16.1. The Morgan fingerprint density at radius 1 is 0.293 bits per heavy atom. The number of imidazole rings is 4. The number of rotatable bonds is 12. The summed E-state index contributed by atoms with van der Waals surface area (Å²) < 4.78 is 8.41. The quantitative estimate of drug-likeness (QED) is 0.0564. The van der Waals surface area contributed by atoms with Gasteiger partial charge < -0.3 is 42.5 Å². The Hall–Kier alpha value is -15.7. The van der Waals surface area contributed by atoms with Gasteiger partial charge in [0.2, 0.25) is 0 Å². The van der Waals surface area contributed by atoms with Crippen LogP contribution in [0.15, 0.2) is 317 Å². The SMILES string of the molecule is C=C1NC(=O)C(c2ccc(-c3nc4cccnc4n3-c3ccc(C)cc3)cc2)N1.C=C1NC(=O)C(c2ccc(-c3nc4ccncc4n3-c3ccc(C)cc3)cc2)N1.C=C1NC(=O)C(c2ccc(-c3nc4cnccc4n3-c3ccc(C)cc3)cc2)N1.C=C1NC(=O)C(c2ccc(-c3nc4ncccc4n3-c3ccc(C)cc3)cc2)N1. The molecule has 16 aromatic rings. The molecule has 4 unspecified atom stereocenters. The molecule has 20 rings (SSSR count). The lowest BCUT2D eigenvalue weighted by molar-refractivity contribution is -0.121. The average molecular weight is 1530 g/mol. The van der Waals surface area contributed by atoms with Gasteiger partial charge in [-0.05, 0) is 135 Å². The summed E-state index contributed by atoms with van der Waals surface area (Å²) in [7, 11) is 0. The molecule has 4 aliphatic rings. The van der Waals surface area contributed by atoms with E-state index in [-0.39, 0.29) is 23.6 Å². The first-order valence-electron chi connectivity index (χ1n) is 37.5. The van der Waals surface area contributed by atoms with Crippen molar-refractivity contribution >= 4 is 68.0 Å². The Morgan fingerprint density at radius 3 is 1.03 bits per heavy atom. The third kappa shape index (κ3) is 14.6. The monoisotopic (exact) mass is 1520 g/mol. The van der Waals surface area contributed by atoms with E-state index in [4.69, 9.17) is 19.9 Å². The standard InChI is InChI=1S/4C23H19N5O/c1-14-3-9-18(10-4-14)28-20-11-12-24-13-19(20)27-22(28)17-7-5-16(6-8-17)21-23(29)26-15(2)25-21;1-14-3-9-18(10-4-14)28-20-13-24-12-11-19(20)27-22(28)17-7-5-16(6-8-17)21-23(29)26-15(2)25-21;1-14-5-11-18(12-6-14)28-19-4-3-13-24-21(19)27-22(28)17-9-7-16(8-10-17)20-23(29)26-15(2)25-20;1-14-5-11-18(12-6-14)28-21(27-19-4-3-13-24-22(19)28)17-9-7-16(8-10-17)20-23(29)26-15(2)25-20/h2*3-13,21,25H,2H2,1H3,(H,26,29);2*3-13,20,25H,2H2,1H3,(H,26,29). The lowest BCUT2D eigenvalue weighted by atomic mass is 10.0. The molecule has 0 saturated carbocycles. The van der Waals surface area contributed by atoms with Crippen LogP contribution in [0.2, 0.25) is 0 Å². The van der Waals surface area contributed by atoms with E-state index in [1.807, 2.05) is 140 Å². The maximum Gasteiger partial charge on any atom is 0.252 e. The molecule has 12 heterocycles. The van der Waals surface area contributed by atoms with Crippen molar-refractivity contribution in [1.82, 2.24) is 101 Å². The zero-order chi connectivity index (χ0) is 79.8. The van der Waals surface area contributed by atoms with E-state index in [0.717, 1.165) is 129 Å². The summed E-state index contributed by atoms with van der Waals surface area (Å²) in [6, 6.07) is 74.8. The van der Waals surface area contributed by atoms with Crippen LogP contribution < -0.4 is 42.5 Å². The molecule has 8 aromatic carbocycles. The largest absolute Gasteiger partial charge is 0.357 e. The van der Waals surface area contributed by atoms with Crippen molar-refractivity contribution in [3.05, 3.63) is 362 Å². The van der Waals surface area contributed by atoms with Crippen molar-refractivity contribution in [2.45, 2.75) is 51.9 Å². The number of benzene rings is 8. The number of carbonyl (C=O) groups is 4. The Balaban J connectivity index is 0.000000111. The van der Waals surface area contributed by atoms with Gasteiger partial charge in [0.25, 0.3) is 23.6 Å². The van der Waals surface area contributed by atoms with Crippen LogP contribution in [0.5, 0.6) is 0 Å². The topological polar surface area (TPSA) is 287 Å². The molecule has 8 N–H and O–H groups in total. The predicted octanol–water partition coefficient (Wildman–Crippen LogP) is 14.5. The summed E-state index contributed by atoms with van der Waals surface area (Å²) in [5.41, 5.74) is 23.2. The van der Waals surface area contributed by atoms with Crippen LogP contribution in [-0.4, -0.2) is 81.8 Å². The molecule has 0 radical (unpaired) electrons. The Morgan fingerprint density at radius 2 is 0.621 bits per heavy atom. The molecule has 0 bridgehead atoms. The van der Waals surface area contributed by atoms with Gasteiger partial charge in [0, 0.05) is 69.8 Å². The molecule has 8 aromatic heterocycles. The second-order valence-corrected chi connectivity index (χ2v) is 28.5. The van der Waals surface area contributed by atoms with Crippen molar-refractivity contribution in [3.63, 3.8) is 0 Å². The average Bonchev–Trinajstić information content (AvgIpc) is 1.63. The minimum absolute atomic E-state index is 0.0966. The first kappa shape index (κ1) is 73.1. The molecule has 116 heavy (non-hydrogen) atoms. The molecule has 568 valence electrons. The zero-order valence-corrected chi connectivity index (χ0v) is 63.5. The minimum atomic E-state index is -0.422. The van der Waals surface area contributed by atoms with E-state index >= 15 is 0 Å². The smallest absolute Gasteiger partial charge is 0.252 e. The van der Waals surface area contributed by atoms with Gasteiger partial charge in [-0.3, -0.25) is 47.4 Å². The lowest BCUT2D eigenvalue weighted by Gasteiger charge is -2.12. The molecule has 24 heteroatoms. The summed E-state index contributed by atoms with van der Waals surface area (Å²) in [4.78, 5) is 85.0. The van der Waals surface area contributed by atoms with Gasteiger partial charge in [0.15, 0.2) is 11.3 Å². The number of nitrogens with zero attached hydrogens (tertiary/aromatic N) is 12. The van der Waals surface area contributed by atoms with Gasteiger partial charge in [0.05, 0.1) is 57.7 Å². The number of amides is 4. The van der Waals surface area contributed by atoms with Crippen molar-refractivity contribution < 1.29 is 19.2 Å². The first-order valence-corrected chi connectivity index (χ1v) is 37.5. The Kier molecular flexibility index (Phi) is 19.4. The van der Waals surface area contributed by atoms with Crippen LogP contribution in [0.1, 0.15) is 68.7 Å². The number of pyridine rings is 4. The van der Waals surface area contributed by atoms with E-state index in [1.165, 1.54) is 22.3 Å². The van der Waals surface area contributed by atoms with E-state index in [2.05, 4.69) is 232 Å². The van der Waals surface area contributed by atoms with Crippen molar-refractivity contribution in [3.8, 4) is 68.3 Å². The number of hydrogen-bond donors (Lipinski definition) is 8. The maximum atomic E-state index is 12.1. The molecule has 24 nitrogen and oxygen atoms in total. The lowest BCUT2D eigenvalue weighted by Crippen LogP contribution is -2.19. The van der Waals surface area contributed by atoms with Crippen LogP contribution in [-0.2, 0) is 19.2 Å². The third-order valence-corrected chi connectivity index (χ3v) is 20.4. The fourth-order valence-corrected chi connectivity index (χ4v) is 14.5.